The Bertz CT molecular complexity index is 1050. The number of hydrogen-bond donors (Lipinski definition) is 2. The molecule has 1 aromatic heterocycles. The molecule has 0 saturated heterocycles. The highest BCUT2D eigenvalue weighted by molar-refractivity contribution is 7.99. The van der Waals surface area contributed by atoms with E-state index in [1.807, 2.05) is 12.1 Å². The van der Waals surface area contributed by atoms with Crippen molar-refractivity contribution >= 4 is 40.3 Å². The van der Waals surface area contributed by atoms with E-state index in [2.05, 4.69) is 5.32 Å². The smallest absolute Gasteiger partial charge is 0.310 e. The maximum absolute atomic E-state index is 12.1. The highest BCUT2D eigenvalue weighted by Gasteiger charge is 2.14. The Balaban J connectivity index is 1.54. The third kappa shape index (κ3) is 4.84. The number of phenols is 1. The number of nitrogens with zero attached hydrogens (tertiary/aromatic N) is 1. The zero-order chi connectivity index (χ0) is 19.9. The fraction of sp³-hybridized carbons (Fsp3) is 0.150. The number of aromatic hydroxyl groups is 1. The number of benzene rings is 2. The summed E-state index contributed by atoms with van der Waals surface area (Å²) in [6.45, 7) is -0.424. The fourth-order valence-corrected chi connectivity index (χ4v) is 3.22. The predicted molar refractivity (Wildman–Crippen MR) is 104 cm³/mol. The molecule has 0 radical (unpaired) electrons. The summed E-state index contributed by atoms with van der Waals surface area (Å²) in [7, 11) is 0. The van der Waals surface area contributed by atoms with Crippen LogP contribution in [0.1, 0.15) is 5.56 Å². The van der Waals surface area contributed by atoms with E-state index in [4.69, 9.17) is 14.4 Å². The van der Waals surface area contributed by atoms with Gasteiger partial charge in [0, 0.05) is 21.9 Å². The molecule has 0 unspecified atom stereocenters. The SMILES string of the molecule is N#CCSc1ccccc1NC(=O)COC(=O)Cc1coc2cc(O)ccc12. The summed E-state index contributed by atoms with van der Waals surface area (Å²) in [5.41, 5.74) is 1.63. The van der Waals surface area contributed by atoms with E-state index in [1.165, 1.54) is 30.2 Å². The Morgan fingerprint density at radius 3 is 2.89 bits per heavy atom. The molecule has 0 atom stereocenters. The van der Waals surface area contributed by atoms with Crippen LogP contribution in [0.25, 0.3) is 11.0 Å². The Hall–Kier alpha value is -3.44. The number of fused-ring (bicyclic) bond motifs is 1. The standard InChI is InChI=1S/C20H16N2O5S/c21-7-8-28-18-4-2-1-3-16(18)22-19(24)12-27-20(25)9-13-11-26-17-10-14(23)5-6-15(13)17/h1-6,10-11,23H,8-9,12H2,(H,22,24). The van der Waals surface area contributed by atoms with E-state index in [0.29, 0.717) is 22.2 Å². The number of anilines is 1. The Morgan fingerprint density at radius 2 is 2.07 bits per heavy atom. The summed E-state index contributed by atoms with van der Waals surface area (Å²) in [4.78, 5) is 24.9. The molecule has 0 aliphatic carbocycles. The van der Waals surface area contributed by atoms with Gasteiger partial charge in [0.1, 0.15) is 11.3 Å². The molecule has 2 N–H and O–H groups in total. The van der Waals surface area contributed by atoms with Gasteiger partial charge in [-0.05, 0) is 24.3 Å². The molecule has 0 aliphatic rings. The lowest BCUT2D eigenvalue weighted by Crippen LogP contribution is -2.21. The first-order valence-electron chi connectivity index (χ1n) is 8.30. The lowest BCUT2D eigenvalue weighted by molar-refractivity contribution is -0.146. The van der Waals surface area contributed by atoms with E-state index in [-0.39, 0.29) is 17.9 Å². The summed E-state index contributed by atoms with van der Waals surface area (Å²) in [6.07, 6.45) is 1.37. The highest BCUT2D eigenvalue weighted by Crippen LogP contribution is 2.27. The maximum atomic E-state index is 12.1. The van der Waals surface area contributed by atoms with Gasteiger partial charge in [-0.1, -0.05) is 12.1 Å². The minimum Gasteiger partial charge on any atom is -0.508 e. The number of nitrogens with one attached hydrogen (secondary N) is 1. The van der Waals surface area contributed by atoms with Crippen LogP contribution in [0.5, 0.6) is 5.75 Å². The van der Waals surface area contributed by atoms with Gasteiger partial charge in [-0.15, -0.1) is 11.8 Å². The quantitative estimate of drug-likeness (QED) is 0.464. The number of ether oxygens (including phenoxy) is 1. The van der Waals surface area contributed by atoms with E-state index in [9.17, 15) is 14.7 Å². The second kappa shape index (κ2) is 8.97. The van der Waals surface area contributed by atoms with Crippen LogP contribution >= 0.6 is 11.8 Å². The number of furan rings is 1. The number of thioether (sulfide) groups is 1. The van der Waals surface area contributed by atoms with Gasteiger partial charge in [0.25, 0.3) is 5.91 Å². The topological polar surface area (TPSA) is 113 Å². The first-order valence-corrected chi connectivity index (χ1v) is 9.28. The Morgan fingerprint density at radius 1 is 1.25 bits per heavy atom. The third-order valence-electron chi connectivity index (χ3n) is 3.79. The molecular weight excluding hydrogens is 380 g/mol. The number of rotatable bonds is 7. The van der Waals surface area contributed by atoms with Crippen LogP contribution < -0.4 is 5.32 Å². The van der Waals surface area contributed by atoms with Gasteiger partial charge in [-0.2, -0.15) is 5.26 Å². The lowest BCUT2D eigenvalue weighted by atomic mass is 10.1. The van der Waals surface area contributed by atoms with Crippen LogP contribution in [0.3, 0.4) is 0 Å². The van der Waals surface area contributed by atoms with Gasteiger partial charge < -0.3 is 19.6 Å². The predicted octanol–water partition coefficient (Wildman–Crippen LogP) is 3.48. The van der Waals surface area contributed by atoms with Gasteiger partial charge in [0.2, 0.25) is 0 Å². The van der Waals surface area contributed by atoms with E-state index in [1.54, 1.807) is 24.3 Å². The van der Waals surface area contributed by atoms with Crippen molar-refractivity contribution in [3.63, 3.8) is 0 Å². The van der Waals surface area contributed by atoms with Gasteiger partial charge in [-0.3, -0.25) is 9.59 Å². The summed E-state index contributed by atoms with van der Waals surface area (Å²) in [6, 6.07) is 13.7. The summed E-state index contributed by atoms with van der Waals surface area (Å²) in [5, 5.41) is 21.5. The van der Waals surface area contributed by atoms with Crippen LogP contribution in [-0.2, 0) is 20.7 Å². The number of para-hydroxylation sites is 1. The van der Waals surface area contributed by atoms with Gasteiger partial charge in [0.15, 0.2) is 6.61 Å². The monoisotopic (exact) mass is 396 g/mol. The highest BCUT2D eigenvalue weighted by atomic mass is 32.2. The average Bonchev–Trinajstić information content (AvgIpc) is 3.07. The molecule has 0 aliphatic heterocycles. The Kier molecular flexibility index (Phi) is 6.19. The molecule has 0 saturated carbocycles. The van der Waals surface area contributed by atoms with E-state index in [0.717, 1.165) is 4.90 Å². The van der Waals surface area contributed by atoms with Crippen molar-refractivity contribution < 1.29 is 23.8 Å². The fourth-order valence-electron chi connectivity index (χ4n) is 2.55. The molecule has 28 heavy (non-hydrogen) atoms. The second-order valence-corrected chi connectivity index (χ2v) is 6.79. The first kappa shape index (κ1) is 19.3. The zero-order valence-corrected chi connectivity index (χ0v) is 15.5. The van der Waals surface area contributed by atoms with Crippen molar-refractivity contribution in [2.45, 2.75) is 11.3 Å². The number of amides is 1. The molecule has 142 valence electrons. The second-order valence-electron chi connectivity index (χ2n) is 5.77. The van der Waals surface area contributed by atoms with Crippen LogP contribution in [0.4, 0.5) is 5.69 Å². The molecule has 3 rings (SSSR count). The molecule has 1 heterocycles. The van der Waals surface area contributed by atoms with Crippen molar-refractivity contribution in [2.75, 3.05) is 17.7 Å². The normalized spacial score (nSPS) is 10.4. The third-order valence-corrected chi connectivity index (χ3v) is 4.73. The molecule has 0 bridgehead atoms. The maximum Gasteiger partial charge on any atom is 0.310 e. The van der Waals surface area contributed by atoms with Crippen LogP contribution in [-0.4, -0.2) is 29.3 Å². The molecule has 2 aromatic carbocycles. The molecule has 0 fully saturated rings. The van der Waals surface area contributed by atoms with Crippen LogP contribution in [0, 0.1) is 11.3 Å². The number of carbonyl (C=O) groups excluding carboxylic acids is 2. The van der Waals surface area contributed by atoms with Crippen molar-refractivity contribution in [3.05, 3.63) is 54.3 Å². The average molecular weight is 396 g/mol. The number of nitriles is 1. The number of phenolic OH excluding ortho intramolecular Hbond substituents is 1. The van der Waals surface area contributed by atoms with Crippen molar-refractivity contribution in [2.24, 2.45) is 0 Å². The molecule has 7 nitrogen and oxygen atoms in total. The Labute approximate surface area is 164 Å². The van der Waals surface area contributed by atoms with Crippen molar-refractivity contribution in [1.29, 1.82) is 5.26 Å². The van der Waals surface area contributed by atoms with Crippen LogP contribution in [0.15, 0.2) is 58.0 Å². The minimum atomic E-state index is -0.571. The van der Waals surface area contributed by atoms with E-state index >= 15 is 0 Å². The first-order chi connectivity index (χ1) is 13.6. The number of carbonyl (C=O) groups is 2. The lowest BCUT2D eigenvalue weighted by Gasteiger charge is -2.10. The molecule has 0 spiro atoms. The molecule has 3 aromatic rings. The summed E-state index contributed by atoms with van der Waals surface area (Å²) < 4.78 is 10.4. The van der Waals surface area contributed by atoms with Crippen molar-refractivity contribution in [1.82, 2.24) is 0 Å². The summed E-state index contributed by atoms with van der Waals surface area (Å²) in [5.74, 6) is -0.711. The largest absolute Gasteiger partial charge is 0.508 e. The number of hydrogen-bond acceptors (Lipinski definition) is 7. The zero-order valence-electron chi connectivity index (χ0n) is 14.7. The van der Waals surface area contributed by atoms with Gasteiger partial charge in [-0.25, -0.2) is 0 Å². The van der Waals surface area contributed by atoms with E-state index < -0.39 is 18.5 Å². The van der Waals surface area contributed by atoms with Gasteiger partial charge in [0.05, 0.1) is 30.2 Å². The van der Waals surface area contributed by atoms with Crippen LogP contribution in [0.2, 0.25) is 0 Å². The molecule has 1 amide bonds. The molecule has 8 heteroatoms. The minimum absolute atomic E-state index is 0.0559. The van der Waals surface area contributed by atoms with Gasteiger partial charge >= 0.3 is 5.97 Å². The number of esters is 1. The summed E-state index contributed by atoms with van der Waals surface area (Å²) >= 11 is 1.31. The molecular formula is C20H16N2O5S. The van der Waals surface area contributed by atoms with Crippen molar-refractivity contribution in [3.8, 4) is 11.8 Å².